The van der Waals surface area contributed by atoms with Gasteiger partial charge >= 0.3 is 0 Å². The van der Waals surface area contributed by atoms with Crippen LogP contribution in [0.4, 0.5) is 5.69 Å². The summed E-state index contributed by atoms with van der Waals surface area (Å²) >= 11 is 0. The summed E-state index contributed by atoms with van der Waals surface area (Å²) in [5, 5.41) is 2.80. The van der Waals surface area contributed by atoms with Crippen LogP contribution in [0.2, 0.25) is 0 Å². The molecule has 0 saturated carbocycles. The normalized spacial score (nSPS) is 10.3. The van der Waals surface area contributed by atoms with Crippen molar-refractivity contribution in [2.24, 2.45) is 5.92 Å². The number of methoxy groups -OCH3 is 2. The molecule has 22 heavy (non-hydrogen) atoms. The first kappa shape index (κ1) is 17.8. The molecule has 1 aromatic carbocycles. The van der Waals surface area contributed by atoms with Crippen molar-refractivity contribution < 1.29 is 19.1 Å². The summed E-state index contributed by atoms with van der Waals surface area (Å²) < 4.78 is 10.4. The average Bonchev–Trinajstić information content (AvgIpc) is 2.49. The Labute approximate surface area is 131 Å². The van der Waals surface area contributed by atoms with Gasteiger partial charge in [0, 0.05) is 19.5 Å². The van der Waals surface area contributed by atoms with Gasteiger partial charge in [-0.2, -0.15) is 0 Å². The van der Waals surface area contributed by atoms with Crippen molar-refractivity contribution in [2.45, 2.75) is 20.8 Å². The van der Waals surface area contributed by atoms with Crippen LogP contribution in [0, 0.1) is 5.92 Å². The molecule has 0 heterocycles. The van der Waals surface area contributed by atoms with E-state index in [-0.39, 0.29) is 18.4 Å². The predicted molar refractivity (Wildman–Crippen MR) is 85.4 cm³/mol. The van der Waals surface area contributed by atoms with E-state index in [4.69, 9.17) is 9.47 Å². The zero-order valence-electron chi connectivity index (χ0n) is 13.8. The van der Waals surface area contributed by atoms with E-state index in [0.717, 1.165) is 0 Å². The van der Waals surface area contributed by atoms with Gasteiger partial charge in [-0.15, -0.1) is 0 Å². The first-order valence-corrected chi connectivity index (χ1v) is 7.15. The lowest BCUT2D eigenvalue weighted by Crippen LogP contribution is -2.41. The summed E-state index contributed by atoms with van der Waals surface area (Å²) in [4.78, 5) is 25.3. The Bertz CT molecular complexity index is 529. The molecule has 0 spiro atoms. The quantitative estimate of drug-likeness (QED) is 0.834. The minimum Gasteiger partial charge on any atom is -0.497 e. The fourth-order valence-corrected chi connectivity index (χ4v) is 1.89. The summed E-state index contributed by atoms with van der Waals surface area (Å²) in [6.45, 7) is 5.93. The van der Waals surface area contributed by atoms with E-state index in [0.29, 0.717) is 29.6 Å². The van der Waals surface area contributed by atoms with Crippen molar-refractivity contribution >= 4 is 17.5 Å². The number of hydrogen-bond donors (Lipinski definition) is 1. The van der Waals surface area contributed by atoms with E-state index in [9.17, 15) is 9.59 Å². The Morgan fingerprint density at radius 3 is 2.41 bits per heavy atom. The fraction of sp³-hybridized carbons (Fsp3) is 0.500. The fourth-order valence-electron chi connectivity index (χ4n) is 1.89. The average molecular weight is 308 g/mol. The lowest BCUT2D eigenvalue weighted by atomic mass is 10.2. The highest BCUT2D eigenvalue weighted by Gasteiger charge is 2.20. The van der Waals surface area contributed by atoms with Crippen LogP contribution in [0.15, 0.2) is 18.2 Å². The number of benzene rings is 1. The highest BCUT2D eigenvalue weighted by Crippen LogP contribution is 2.32. The van der Waals surface area contributed by atoms with E-state index >= 15 is 0 Å². The number of anilines is 1. The Hall–Kier alpha value is -2.24. The smallest absolute Gasteiger partial charge is 0.240 e. The molecule has 6 heteroatoms. The van der Waals surface area contributed by atoms with Crippen molar-refractivity contribution in [3.05, 3.63) is 18.2 Å². The lowest BCUT2D eigenvalue weighted by Gasteiger charge is -2.23. The van der Waals surface area contributed by atoms with Crippen molar-refractivity contribution in [3.63, 3.8) is 0 Å². The molecule has 0 saturated heterocycles. The van der Waals surface area contributed by atoms with Crippen LogP contribution in [0.5, 0.6) is 11.5 Å². The molecule has 1 rings (SSSR count). The summed E-state index contributed by atoms with van der Waals surface area (Å²) in [7, 11) is 3.06. The molecule has 0 aromatic heterocycles. The van der Waals surface area contributed by atoms with Crippen LogP contribution in [0.1, 0.15) is 20.8 Å². The van der Waals surface area contributed by atoms with E-state index in [1.165, 1.54) is 18.9 Å². The molecule has 2 amide bonds. The lowest BCUT2D eigenvalue weighted by molar-refractivity contribution is -0.123. The molecule has 1 aromatic rings. The molecule has 0 aliphatic heterocycles. The van der Waals surface area contributed by atoms with E-state index < -0.39 is 0 Å². The van der Waals surface area contributed by atoms with Gasteiger partial charge in [-0.3, -0.25) is 14.5 Å². The third-order valence-electron chi connectivity index (χ3n) is 3.07. The van der Waals surface area contributed by atoms with Crippen LogP contribution in [0.25, 0.3) is 0 Å². The summed E-state index contributed by atoms with van der Waals surface area (Å²) in [5.74, 6) is 0.985. The SMILES string of the molecule is COc1ccc(OC)c(N(CC(=O)NCC(C)C)C(C)=O)c1. The van der Waals surface area contributed by atoms with Gasteiger partial charge in [-0.25, -0.2) is 0 Å². The second-order valence-electron chi connectivity index (χ2n) is 5.34. The molecule has 0 aliphatic rings. The topological polar surface area (TPSA) is 67.9 Å². The number of carbonyl (C=O) groups is 2. The van der Waals surface area contributed by atoms with E-state index in [2.05, 4.69) is 5.32 Å². The van der Waals surface area contributed by atoms with Gasteiger partial charge in [-0.05, 0) is 18.1 Å². The Balaban J connectivity index is 3.00. The second-order valence-corrected chi connectivity index (χ2v) is 5.34. The van der Waals surface area contributed by atoms with Crippen LogP contribution in [0.3, 0.4) is 0 Å². The molecule has 0 bridgehead atoms. The maximum atomic E-state index is 12.0. The summed E-state index contributed by atoms with van der Waals surface area (Å²) in [6.07, 6.45) is 0. The minimum absolute atomic E-state index is 0.0639. The highest BCUT2D eigenvalue weighted by atomic mass is 16.5. The number of nitrogens with zero attached hydrogens (tertiary/aromatic N) is 1. The van der Waals surface area contributed by atoms with Crippen LogP contribution < -0.4 is 19.7 Å². The molecule has 6 nitrogen and oxygen atoms in total. The van der Waals surface area contributed by atoms with Crippen molar-refractivity contribution in [2.75, 3.05) is 32.2 Å². The first-order valence-electron chi connectivity index (χ1n) is 7.15. The van der Waals surface area contributed by atoms with Gasteiger partial charge < -0.3 is 14.8 Å². The Morgan fingerprint density at radius 2 is 1.91 bits per heavy atom. The van der Waals surface area contributed by atoms with E-state index in [1.807, 2.05) is 13.8 Å². The predicted octanol–water partition coefficient (Wildman–Crippen LogP) is 1.83. The van der Waals surface area contributed by atoms with E-state index in [1.54, 1.807) is 25.3 Å². The van der Waals surface area contributed by atoms with Gasteiger partial charge in [0.15, 0.2) is 0 Å². The number of carbonyl (C=O) groups excluding carboxylic acids is 2. The largest absolute Gasteiger partial charge is 0.497 e. The molecular formula is C16H24N2O4. The molecular weight excluding hydrogens is 284 g/mol. The summed E-state index contributed by atoms with van der Waals surface area (Å²) in [5.41, 5.74) is 0.508. The minimum atomic E-state index is -0.244. The van der Waals surface area contributed by atoms with Gasteiger partial charge in [0.05, 0.1) is 19.9 Å². The molecule has 0 unspecified atom stereocenters. The third kappa shape index (κ3) is 4.95. The van der Waals surface area contributed by atoms with Gasteiger partial charge in [0.25, 0.3) is 0 Å². The Morgan fingerprint density at radius 1 is 1.23 bits per heavy atom. The first-order chi connectivity index (χ1) is 10.4. The standard InChI is InChI=1S/C16H24N2O4/c1-11(2)9-17-16(20)10-18(12(3)19)14-8-13(21-4)6-7-15(14)22-5/h6-8,11H,9-10H2,1-5H3,(H,17,20). The van der Waals surface area contributed by atoms with Crippen LogP contribution >= 0.6 is 0 Å². The number of hydrogen-bond acceptors (Lipinski definition) is 4. The van der Waals surface area contributed by atoms with Gasteiger partial charge in [0.2, 0.25) is 11.8 Å². The maximum Gasteiger partial charge on any atom is 0.240 e. The molecule has 0 atom stereocenters. The van der Waals surface area contributed by atoms with Gasteiger partial charge in [-0.1, -0.05) is 13.8 Å². The van der Waals surface area contributed by atoms with Crippen molar-refractivity contribution in [1.82, 2.24) is 5.32 Å². The summed E-state index contributed by atoms with van der Waals surface area (Å²) in [6, 6.07) is 5.12. The number of rotatable bonds is 7. The number of nitrogens with one attached hydrogen (secondary N) is 1. The molecule has 1 N–H and O–H groups in total. The van der Waals surface area contributed by atoms with Crippen LogP contribution in [-0.2, 0) is 9.59 Å². The van der Waals surface area contributed by atoms with Crippen LogP contribution in [-0.4, -0.2) is 39.1 Å². The Kier molecular flexibility index (Phi) is 6.69. The maximum absolute atomic E-state index is 12.0. The molecule has 0 radical (unpaired) electrons. The molecule has 0 fully saturated rings. The van der Waals surface area contributed by atoms with Crippen molar-refractivity contribution in [1.29, 1.82) is 0 Å². The second kappa shape index (κ2) is 8.26. The monoisotopic (exact) mass is 308 g/mol. The highest BCUT2D eigenvalue weighted by molar-refractivity contribution is 5.98. The molecule has 0 aliphatic carbocycles. The number of amides is 2. The third-order valence-corrected chi connectivity index (χ3v) is 3.07. The zero-order chi connectivity index (χ0) is 16.7. The van der Waals surface area contributed by atoms with Crippen molar-refractivity contribution in [3.8, 4) is 11.5 Å². The molecule has 122 valence electrons. The number of ether oxygens (including phenoxy) is 2. The van der Waals surface area contributed by atoms with Gasteiger partial charge in [0.1, 0.15) is 18.0 Å². The zero-order valence-corrected chi connectivity index (χ0v) is 13.8.